The molecule has 5 nitrogen and oxygen atoms in total. The summed E-state index contributed by atoms with van der Waals surface area (Å²) < 4.78 is 11.7. The highest BCUT2D eigenvalue weighted by molar-refractivity contribution is 5.85. The van der Waals surface area contributed by atoms with Gasteiger partial charge in [-0.2, -0.15) is 0 Å². The van der Waals surface area contributed by atoms with Crippen LogP contribution in [0.25, 0.3) is 5.57 Å². The van der Waals surface area contributed by atoms with Crippen LogP contribution >= 0.6 is 0 Å². The topological polar surface area (TPSA) is 59.0 Å². The Hall–Kier alpha value is -2.79. The molecule has 1 N–H and O–H groups in total. The van der Waals surface area contributed by atoms with Crippen molar-refractivity contribution in [3.8, 4) is 11.5 Å². The number of hydrogen-bond donors (Lipinski definition) is 1. The number of hydrogen-bond acceptors (Lipinski definition) is 4. The lowest BCUT2D eigenvalue weighted by Gasteiger charge is -2.31. The van der Waals surface area contributed by atoms with Crippen LogP contribution in [0.3, 0.4) is 0 Å². The predicted octanol–water partition coefficient (Wildman–Crippen LogP) is 4.81. The predicted molar refractivity (Wildman–Crippen MR) is 117 cm³/mol. The van der Waals surface area contributed by atoms with Crippen molar-refractivity contribution >= 4 is 11.5 Å². The van der Waals surface area contributed by atoms with Gasteiger partial charge in [-0.25, -0.2) is 0 Å². The molecular formula is C25H29NO4. The maximum atomic E-state index is 10.8. The fourth-order valence-corrected chi connectivity index (χ4v) is 4.37. The molecule has 0 unspecified atom stereocenters. The van der Waals surface area contributed by atoms with E-state index >= 15 is 0 Å². The molecule has 0 radical (unpaired) electrons. The number of para-hydroxylation sites is 2. The van der Waals surface area contributed by atoms with Gasteiger partial charge in [0, 0.05) is 24.1 Å². The largest absolute Gasteiger partial charge is 0.481 e. The molecule has 158 valence electrons. The van der Waals surface area contributed by atoms with E-state index in [9.17, 15) is 4.79 Å². The van der Waals surface area contributed by atoms with Crippen LogP contribution in [0.5, 0.6) is 11.5 Å². The highest BCUT2D eigenvalue weighted by atomic mass is 16.7. The Balaban J connectivity index is 1.44. The first-order valence-electron chi connectivity index (χ1n) is 10.8. The summed E-state index contributed by atoms with van der Waals surface area (Å²) in [5.41, 5.74) is 3.35. The number of ether oxygens (including phenoxy) is 2. The van der Waals surface area contributed by atoms with Crippen LogP contribution in [0.1, 0.15) is 43.2 Å². The van der Waals surface area contributed by atoms with Gasteiger partial charge in [0.1, 0.15) is 11.5 Å². The minimum Gasteiger partial charge on any atom is -0.481 e. The van der Waals surface area contributed by atoms with E-state index in [1.54, 1.807) is 0 Å². The Kier molecular flexibility index (Phi) is 6.70. The molecule has 0 aromatic heterocycles. The number of carbonyl (C=O) groups is 1. The van der Waals surface area contributed by atoms with Gasteiger partial charge in [0.25, 0.3) is 0 Å². The minimum atomic E-state index is -0.684. The Morgan fingerprint density at radius 1 is 1.00 bits per heavy atom. The summed E-state index contributed by atoms with van der Waals surface area (Å²) in [6, 6.07) is 16.3. The maximum Gasteiger partial charge on any atom is 0.303 e. The molecule has 2 aromatic carbocycles. The molecular weight excluding hydrogens is 378 g/mol. The van der Waals surface area contributed by atoms with E-state index in [1.807, 2.05) is 36.4 Å². The normalized spacial score (nSPS) is 17.0. The van der Waals surface area contributed by atoms with Crippen LogP contribution in [0, 0.1) is 5.92 Å². The van der Waals surface area contributed by atoms with Crippen molar-refractivity contribution in [2.75, 3.05) is 26.4 Å². The van der Waals surface area contributed by atoms with Crippen molar-refractivity contribution in [3.05, 3.63) is 65.7 Å². The van der Waals surface area contributed by atoms with Crippen molar-refractivity contribution in [3.63, 3.8) is 0 Å². The van der Waals surface area contributed by atoms with Crippen LogP contribution in [-0.2, 0) is 4.79 Å². The molecule has 0 amide bonds. The molecule has 1 fully saturated rings. The number of rotatable bonds is 6. The monoisotopic (exact) mass is 407 g/mol. The summed E-state index contributed by atoms with van der Waals surface area (Å²) in [4.78, 5) is 13.3. The lowest BCUT2D eigenvalue weighted by Crippen LogP contribution is -2.34. The third-order valence-corrected chi connectivity index (χ3v) is 6.05. The second-order valence-corrected chi connectivity index (χ2v) is 8.02. The zero-order valence-corrected chi connectivity index (χ0v) is 17.3. The SMILES string of the molecule is O=C(O)CCC1CCN(CCC=C2c3ccccc3OCOc3ccccc32)CC1. The highest BCUT2D eigenvalue weighted by Crippen LogP contribution is 2.37. The van der Waals surface area contributed by atoms with E-state index in [0.29, 0.717) is 12.3 Å². The highest BCUT2D eigenvalue weighted by Gasteiger charge is 2.20. The summed E-state index contributed by atoms with van der Waals surface area (Å²) in [5, 5.41) is 8.88. The van der Waals surface area contributed by atoms with E-state index in [4.69, 9.17) is 14.6 Å². The third-order valence-electron chi connectivity index (χ3n) is 6.05. The van der Waals surface area contributed by atoms with Gasteiger partial charge in [-0.05, 0) is 62.4 Å². The number of likely N-dealkylation sites (tertiary alicyclic amines) is 1. The Bertz CT molecular complexity index is 850. The van der Waals surface area contributed by atoms with Gasteiger partial charge in [-0.1, -0.05) is 42.5 Å². The standard InChI is InChI=1S/C25H29NO4/c27-25(28)12-11-19-13-16-26(17-14-19)15-5-8-20-21-6-1-3-9-23(21)29-18-30-24-10-4-2-7-22(20)24/h1-4,6-10,19H,5,11-18H2,(H,27,28). The first-order valence-corrected chi connectivity index (χ1v) is 10.8. The molecule has 4 rings (SSSR count). The maximum absolute atomic E-state index is 10.8. The lowest BCUT2D eigenvalue weighted by molar-refractivity contribution is -0.137. The number of benzene rings is 2. The summed E-state index contributed by atoms with van der Waals surface area (Å²) in [6.07, 6.45) is 6.53. The molecule has 2 aliphatic rings. The molecule has 0 bridgehead atoms. The second kappa shape index (κ2) is 9.81. The van der Waals surface area contributed by atoms with Crippen LogP contribution in [0.15, 0.2) is 54.6 Å². The molecule has 30 heavy (non-hydrogen) atoms. The molecule has 0 atom stereocenters. The first kappa shape index (κ1) is 20.5. The molecule has 0 aliphatic carbocycles. The number of nitrogens with zero attached hydrogens (tertiary/aromatic N) is 1. The van der Waals surface area contributed by atoms with E-state index in [-0.39, 0.29) is 6.79 Å². The average molecular weight is 408 g/mol. The third kappa shape index (κ3) is 5.03. The van der Waals surface area contributed by atoms with Gasteiger partial charge in [0.15, 0.2) is 0 Å². The summed E-state index contributed by atoms with van der Waals surface area (Å²) in [7, 11) is 0. The van der Waals surface area contributed by atoms with Crippen LogP contribution in [-0.4, -0.2) is 42.4 Å². The molecule has 0 saturated carbocycles. The quantitative estimate of drug-likeness (QED) is 0.744. The Morgan fingerprint density at radius 2 is 1.60 bits per heavy atom. The zero-order valence-electron chi connectivity index (χ0n) is 17.3. The Labute approximate surface area is 177 Å². The van der Waals surface area contributed by atoms with Crippen molar-refractivity contribution in [2.45, 2.75) is 32.1 Å². The Morgan fingerprint density at radius 3 is 2.20 bits per heavy atom. The summed E-state index contributed by atoms with van der Waals surface area (Å²) >= 11 is 0. The molecule has 5 heteroatoms. The summed E-state index contributed by atoms with van der Waals surface area (Å²) in [6.45, 7) is 3.30. The molecule has 2 aromatic rings. The van der Waals surface area contributed by atoms with Crippen molar-refractivity contribution in [1.82, 2.24) is 4.90 Å². The fraction of sp³-hybridized carbons (Fsp3) is 0.400. The number of aliphatic carboxylic acids is 1. The number of carboxylic acid groups (broad SMARTS) is 1. The van der Waals surface area contributed by atoms with Gasteiger partial charge >= 0.3 is 5.97 Å². The van der Waals surface area contributed by atoms with E-state index < -0.39 is 5.97 Å². The van der Waals surface area contributed by atoms with Crippen LogP contribution < -0.4 is 9.47 Å². The zero-order chi connectivity index (χ0) is 20.8. The van der Waals surface area contributed by atoms with Crippen molar-refractivity contribution in [1.29, 1.82) is 0 Å². The van der Waals surface area contributed by atoms with Crippen molar-refractivity contribution < 1.29 is 19.4 Å². The smallest absolute Gasteiger partial charge is 0.303 e. The number of fused-ring (bicyclic) bond motifs is 2. The van der Waals surface area contributed by atoms with E-state index in [2.05, 4.69) is 23.1 Å². The summed E-state index contributed by atoms with van der Waals surface area (Å²) in [5.74, 6) is 1.56. The lowest BCUT2D eigenvalue weighted by atomic mass is 9.92. The van der Waals surface area contributed by atoms with E-state index in [0.717, 1.165) is 73.5 Å². The minimum absolute atomic E-state index is 0.206. The average Bonchev–Trinajstić information content (AvgIpc) is 2.76. The van der Waals surface area contributed by atoms with Gasteiger partial charge in [0.05, 0.1) is 0 Å². The van der Waals surface area contributed by atoms with Gasteiger partial charge in [0.2, 0.25) is 6.79 Å². The van der Waals surface area contributed by atoms with Gasteiger partial charge < -0.3 is 19.5 Å². The second-order valence-electron chi connectivity index (χ2n) is 8.02. The molecule has 0 spiro atoms. The number of piperidine rings is 1. The molecule has 1 saturated heterocycles. The number of carboxylic acids is 1. The van der Waals surface area contributed by atoms with E-state index in [1.165, 1.54) is 0 Å². The van der Waals surface area contributed by atoms with Crippen molar-refractivity contribution in [2.24, 2.45) is 5.92 Å². The van der Waals surface area contributed by atoms with Crippen LogP contribution in [0.2, 0.25) is 0 Å². The van der Waals surface area contributed by atoms with Crippen LogP contribution in [0.4, 0.5) is 0 Å². The van der Waals surface area contributed by atoms with Gasteiger partial charge in [-0.15, -0.1) is 0 Å². The molecule has 2 aliphatic heterocycles. The molecule has 2 heterocycles. The van der Waals surface area contributed by atoms with Gasteiger partial charge in [-0.3, -0.25) is 4.79 Å². The first-order chi connectivity index (χ1) is 14.7. The fourth-order valence-electron chi connectivity index (χ4n) is 4.37.